The zero-order chi connectivity index (χ0) is 15.4. The van der Waals surface area contributed by atoms with Crippen LogP contribution in [0.2, 0.25) is 0 Å². The van der Waals surface area contributed by atoms with Crippen molar-refractivity contribution in [2.24, 2.45) is 7.05 Å². The van der Waals surface area contributed by atoms with Gasteiger partial charge in [0.15, 0.2) is 0 Å². The van der Waals surface area contributed by atoms with E-state index in [4.69, 9.17) is 0 Å². The molecule has 6 nitrogen and oxygen atoms in total. The van der Waals surface area contributed by atoms with Crippen molar-refractivity contribution < 1.29 is 9.59 Å². The predicted molar refractivity (Wildman–Crippen MR) is 80.1 cm³/mol. The zero-order valence-electron chi connectivity index (χ0n) is 12.3. The van der Waals surface area contributed by atoms with Crippen LogP contribution in [0.3, 0.4) is 0 Å². The van der Waals surface area contributed by atoms with Crippen LogP contribution in [0.4, 0.5) is 5.69 Å². The molecule has 0 fully saturated rings. The number of carbonyl (C=O) groups excluding carboxylic acids is 2. The largest absolute Gasteiger partial charge is 0.342 e. The molecule has 0 saturated carbocycles. The van der Waals surface area contributed by atoms with Crippen molar-refractivity contribution in [2.45, 2.75) is 13.8 Å². The third-order valence-corrected chi connectivity index (χ3v) is 2.95. The number of carbonyl (C=O) groups is 2. The molecule has 0 bridgehead atoms. The number of nitrogens with one attached hydrogen (secondary N) is 2. The van der Waals surface area contributed by atoms with Crippen LogP contribution in [-0.4, -0.2) is 28.1 Å². The predicted octanol–water partition coefficient (Wildman–Crippen LogP) is 1.41. The highest BCUT2D eigenvalue weighted by Crippen LogP contribution is 2.09. The fraction of sp³-hybridized carbons (Fsp3) is 0.267. The van der Waals surface area contributed by atoms with Crippen LogP contribution in [0.15, 0.2) is 30.3 Å². The first-order valence-electron chi connectivity index (χ1n) is 6.61. The lowest BCUT2D eigenvalue weighted by Gasteiger charge is -2.07. The number of aryl methyl sites for hydroxylation is 3. The molecule has 110 valence electrons. The Morgan fingerprint density at radius 3 is 2.62 bits per heavy atom. The Hall–Kier alpha value is -2.63. The minimum absolute atomic E-state index is 0.0863. The molecule has 0 aliphatic rings. The third-order valence-electron chi connectivity index (χ3n) is 2.95. The van der Waals surface area contributed by atoms with E-state index < -0.39 is 0 Å². The van der Waals surface area contributed by atoms with Crippen LogP contribution < -0.4 is 10.6 Å². The molecule has 1 aromatic carbocycles. The second kappa shape index (κ2) is 6.21. The van der Waals surface area contributed by atoms with Gasteiger partial charge in [0.2, 0.25) is 5.91 Å². The van der Waals surface area contributed by atoms with Gasteiger partial charge in [-0.1, -0.05) is 12.1 Å². The molecule has 2 amide bonds. The number of benzene rings is 1. The maximum atomic E-state index is 11.9. The van der Waals surface area contributed by atoms with Crippen LogP contribution in [0, 0.1) is 13.8 Å². The Labute approximate surface area is 123 Å². The molecule has 0 aliphatic heterocycles. The third kappa shape index (κ3) is 3.92. The summed E-state index contributed by atoms with van der Waals surface area (Å²) in [7, 11) is 1.69. The molecule has 2 aromatic rings. The summed E-state index contributed by atoms with van der Waals surface area (Å²) in [6.07, 6.45) is 0. The van der Waals surface area contributed by atoms with Gasteiger partial charge >= 0.3 is 0 Å². The zero-order valence-corrected chi connectivity index (χ0v) is 12.3. The molecule has 0 saturated heterocycles. The van der Waals surface area contributed by atoms with E-state index in [2.05, 4.69) is 15.7 Å². The fourth-order valence-corrected chi connectivity index (χ4v) is 2.00. The van der Waals surface area contributed by atoms with Crippen molar-refractivity contribution in [3.05, 3.63) is 47.3 Å². The molecule has 0 spiro atoms. The van der Waals surface area contributed by atoms with Crippen molar-refractivity contribution in [1.82, 2.24) is 15.1 Å². The van der Waals surface area contributed by atoms with Crippen LogP contribution in [-0.2, 0) is 11.8 Å². The Morgan fingerprint density at radius 1 is 1.24 bits per heavy atom. The van der Waals surface area contributed by atoms with Gasteiger partial charge in [-0.2, -0.15) is 5.10 Å². The molecule has 0 aliphatic carbocycles. The van der Waals surface area contributed by atoms with Crippen molar-refractivity contribution in [3.8, 4) is 0 Å². The number of amides is 2. The summed E-state index contributed by atoms with van der Waals surface area (Å²) >= 11 is 0. The number of hydrogen-bond donors (Lipinski definition) is 2. The van der Waals surface area contributed by atoms with Crippen LogP contribution in [0.25, 0.3) is 0 Å². The van der Waals surface area contributed by atoms with Crippen molar-refractivity contribution in [3.63, 3.8) is 0 Å². The molecule has 0 unspecified atom stereocenters. The lowest BCUT2D eigenvalue weighted by Crippen LogP contribution is -2.33. The van der Waals surface area contributed by atoms with Gasteiger partial charge < -0.3 is 10.6 Å². The standard InChI is InChI=1S/C15H18N4O2/c1-10-5-4-6-12(7-10)17-14(20)9-16-15(21)13-8-11(2)18-19(13)3/h4-8H,9H2,1-3H3,(H,16,21)(H,17,20). The minimum Gasteiger partial charge on any atom is -0.342 e. The highest BCUT2D eigenvalue weighted by molar-refractivity contribution is 5.98. The maximum absolute atomic E-state index is 11.9. The molecule has 1 heterocycles. The average Bonchev–Trinajstić information content (AvgIpc) is 2.75. The first-order valence-corrected chi connectivity index (χ1v) is 6.61. The summed E-state index contributed by atoms with van der Waals surface area (Å²) < 4.78 is 1.49. The molecule has 6 heteroatoms. The van der Waals surface area contributed by atoms with E-state index in [0.29, 0.717) is 11.4 Å². The molecule has 2 N–H and O–H groups in total. The molecule has 1 aromatic heterocycles. The van der Waals surface area contributed by atoms with Gasteiger partial charge in [0.25, 0.3) is 5.91 Å². The normalized spacial score (nSPS) is 10.2. The van der Waals surface area contributed by atoms with Crippen molar-refractivity contribution in [1.29, 1.82) is 0 Å². The second-order valence-electron chi connectivity index (χ2n) is 4.89. The molecular formula is C15H18N4O2. The first kappa shape index (κ1) is 14.8. The second-order valence-corrected chi connectivity index (χ2v) is 4.89. The summed E-state index contributed by atoms with van der Waals surface area (Å²) in [4.78, 5) is 23.7. The highest BCUT2D eigenvalue weighted by Gasteiger charge is 2.12. The van der Waals surface area contributed by atoms with Gasteiger partial charge in [0.1, 0.15) is 5.69 Å². The number of anilines is 1. The molecule has 0 radical (unpaired) electrons. The fourth-order valence-electron chi connectivity index (χ4n) is 2.00. The Balaban J connectivity index is 1.89. The highest BCUT2D eigenvalue weighted by atomic mass is 16.2. The van der Waals surface area contributed by atoms with Gasteiger partial charge in [-0.25, -0.2) is 0 Å². The molecular weight excluding hydrogens is 268 g/mol. The van der Waals surface area contributed by atoms with E-state index in [1.54, 1.807) is 26.1 Å². The SMILES string of the molecule is Cc1cccc(NC(=O)CNC(=O)c2cc(C)nn2C)c1. The summed E-state index contributed by atoms with van der Waals surface area (Å²) in [6, 6.07) is 9.15. The summed E-state index contributed by atoms with van der Waals surface area (Å²) in [5.41, 5.74) is 2.95. The van der Waals surface area contributed by atoms with E-state index in [1.807, 2.05) is 25.1 Å². The lowest BCUT2D eigenvalue weighted by atomic mass is 10.2. The number of nitrogens with zero attached hydrogens (tertiary/aromatic N) is 2. The Morgan fingerprint density at radius 2 is 2.00 bits per heavy atom. The molecule has 21 heavy (non-hydrogen) atoms. The summed E-state index contributed by atoms with van der Waals surface area (Å²) in [6.45, 7) is 3.67. The number of hydrogen-bond acceptors (Lipinski definition) is 3. The number of aromatic nitrogens is 2. The monoisotopic (exact) mass is 286 g/mol. The Bertz CT molecular complexity index is 676. The minimum atomic E-state index is -0.322. The van der Waals surface area contributed by atoms with Gasteiger partial charge in [0.05, 0.1) is 12.2 Å². The lowest BCUT2D eigenvalue weighted by molar-refractivity contribution is -0.115. The van der Waals surface area contributed by atoms with E-state index >= 15 is 0 Å². The summed E-state index contributed by atoms with van der Waals surface area (Å²) in [5.74, 6) is -0.592. The maximum Gasteiger partial charge on any atom is 0.269 e. The van der Waals surface area contributed by atoms with Gasteiger partial charge in [-0.05, 0) is 37.6 Å². The van der Waals surface area contributed by atoms with Crippen LogP contribution in [0.1, 0.15) is 21.7 Å². The van der Waals surface area contributed by atoms with Crippen molar-refractivity contribution in [2.75, 3.05) is 11.9 Å². The Kier molecular flexibility index (Phi) is 4.37. The van der Waals surface area contributed by atoms with Crippen molar-refractivity contribution >= 4 is 17.5 Å². The average molecular weight is 286 g/mol. The van der Waals surface area contributed by atoms with Gasteiger partial charge in [-0.15, -0.1) is 0 Å². The van der Waals surface area contributed by atoms with E-state index in [-0.39, 0.29) is 18.4 Å². The van der Waals surface area contributed by atoms with Crippen LogP contribution in [0.5, 0.6) is 0 Å². The first-order chi connectivity index (χ1) is 9.95. The quantitative estimate of drug-likeness (QED) is 0.892. The van der Waals surface area contributed by atoms with E-state index in [9.17, 15) is 9.59 Å². The van der Waals surface area contributed by atoms with E-state index in [0.717, 1.165) is 11.3 Å². The van der Waals surface area contributed by atoms with Gasteiger partial charge in [-0.3, -0.25) is 14.3 Å². The summed E-state index contributed by atoms with van der Waals surface area (Å²) in [5, 5.41) is 9.40. The number of rotatable bonds is 4. The smallest absolute Gasteiger partial charge is 0.269 e. The molecule has 0 atom stereocenters. The van der Waals surface area contributed by atoms with Crippen LogP contribution >= 0.6 is 0 Å². The molecule has 2 rings (SSSR count). The van der Waals surface area contributed by atoms with E-state index in [1.165, 1.54) is 4.68 Å². The van der Waals surface area contributed by atoms with Gasteiger partial charge in [0, 0.05) is 12.7 Å². The topological polar surface area (TPSA) is 76.0 Å².